The van der Waals surface area contributed by atoms with Crippen LogP contribution in [0.1, 0.15) is 15.9 Å². The first-order valence-corrected chi connectivity index (χ1v) is 10.3. The van der Waals surface area contributed by atoms with Crippen LogP contribution in [0, 0.1) is 0 Å². The molecule has 1 heterocycles. The molecule has 0 aliphatic heterocycles. The lowest BCUT2D eigenvalue weighted by atomic mass is 9.97. The highest BCUT2D eigenvalue weighted by Gasteiger charge is 2.20. The smallest absolute Gasteiger partial charge is 0.256 e. The average Bonchev–Trinajstić information content (AvgIpc) is 2.83. The van der Waals surface area contributed by atoms with Gasteiger partial charge in [-0.25, -0.2) is 4.98 Å². The number of pyridine rings is 1. The number of carbonyl (C=O) groups is 1. The normalized spacial score (nSPS) is 10.5. The molecule has 1 N–H and O–H groups in total. The number of amides is 1. The Labute approximate surface area is 186 Å². The summed E-state index contributed by atoms with van der Waals surface area (Å²) in [6.45, 7) is 0.308. The van der Waals surface area contributed by atoms with Gasteiger partial charge in [0.25, 0.3) is 5.91 Å². The molecule has 1 aromatic heterocycles. The highest BCUT2D eigenvalue weighted by molar-refractivity contribution is 6.30. The van der Waals surface area contributed by atoms with Crippen molar-refractivity contribution in [1.82, 2.24) is 10.3 Å². The Morgan fingerprint density at radius 2 is 1.55 bits per heavy atom. The van der Waals surface area contributed by atoms with Gasteiger partial charge < -0.3 is 10.1 Å². The molecule has 154 valence electrons. The third-order valence-electron chi connectivity index (χ3n) is 4.88. The molecular formula is C26H21ClN2O2. The lowest BCUT2D eigenvalue weighted by Gasteiger charge is -2.16. The maximum atomic E-state index is 12.7. The first-order chi connectivity index (χ1) is 15.2. The highest BCUT2D eigenvalue weighted by Crippen LogP contribution is 2.35. The van der Waals surface area contributed by atoms with E-state index in [-0.39, 0.29) is 11.8 Å². The molecule has 0 atom stereocenters. The van der Waals surface area contributed by atoms with E-state index in [1.54, 1.807) is 7.05 Å². The van der Waals surface area contributed by atoms with Crippen molar-refractivity contribution in [2.24, 2.45) is 0 Å². The summed E-state index contributed by atoms with van der Waals surface area (Å²) in [6.07, 6.45) is 0. The summed E-state index contributed by atoms with van der Waals surface area (Å²) >= 11 is 6.09. The first-order valence-electron chi connectivity index (χ1n) is 9.91. The molecule has 31 heavy (non-hydrogen) atoms. The van der Waals surface area contributed by atoms with E-state index < -0.39 is 0 Å². The third kappa shape index (κ3) is 4.76. The fraction of sp³-hybridized carbons (Fsp3) is 0.0769. The van der Waals surface area contributed by atoms with Crippen LogP contribution >= 0.6 is 11.6 Å². The van der Waals surface area contributed by atoms with E-state index in [9.17, 15) is 4.79 Å². The number of benzene rings is 3. The second kappa shape index (κ2) is 9.45. The summed E-state index contributed by atoms with van der Waals surface area (Å²) in [5.41, 5.74) is 4.78. The predicted octanol–water partition coefficient (Wildman–Crippen LogP) is 6.01. The number of halogens is 1. The van der Waals surface area contributed by atoms with E-state index in [0.717, 1.165) is 27.9 Å². The van der Waals surface area contributed by atoms with E-state index >= 15 is 0 Å². The summed E-state index contributed by atoms with van der Waals surface area (Å²) in [6, 6.07) is 29.0. The van der Waals surface area contributed by atoms with Gasteiger partial charge >= 0.3 is 0 Å². The van der Waals surface area contributed by atoms with Crippen LogP contribution in [0.25, 0.3) is 22.4 Å². The van der Waals surface area contributed by atoms with Crippen LogP contribution in [0.5, 0.6) is 5.88 Å². The number of nitrogens with zero attached hydrogens (tertiary/aromatic N) is 1. The van der Waals surface area contributed by atoms with Crippen LogP contribution in [0.2, 0.25) is 5.02 Å². The van der Waals surface area contributed by atoms with Gasteiger partial charge in [-0.05, 0) is 29.3 Å². The van der Waals surface area contributed by atoms with Gasteiger partial charge in [-0.15, -0.1) is 0 Å². The molecule has 0 spiro atoms. The maximum absolute atomic E-state index is 12.7. The molecule has 0 saturated carbocycles. The third-order valence-corrected chi connectivity index (χ3v) is 5.13. The number of ether oxygens (including phenoxy) is 1. The largest absolute Gasteiger partial charge is 0.472 e. The minimum atomic E-state index is -0.254. The van der Waals surface area contributed by atoms with E-state index in [1.165, 1.54) is 0 Å². The van der Waals surface area contributed by atoms with E-state index in [4.69, 9.17) is 21.3 Å². The van der Waals surface area contributed by atoms with Crippen molar-refractivity contribution < 1.29 is 9.53 Å². The highest BCUT2D eigenvalue weighted by atomic mass is 35.5. The Kier molecular flexibility index (Phi) is 6.29. The van der Waals surface area contributed by atoms with Crippen molar-refractivity contribution in [2.45, 2.75) is 6.61 Å². The zero-order valence-electron chi connectivity index (χ0n) is 17.0. The topological polar surface area (TPSA) is 51.2 Å². The number of nitrogens with one attached hydrogen (secondary N) is 1. The van der Waals surface area contributed by atoms with Crippen LogP contribution in [-0.2, 0) is 6.61 Å². The standard InChI is InChI=1S/C26H21ClN2O2/c1-28-25(30)23-16-22(19-10-6-3-7-11-19)24(20-12-14-21(27)15-13-20)29-26(23)31-17-18-8-4-2-5-9-18/h2-16H,17H2,1H3,(H,28,30). The minimum Gasteiger partial charge on any atom is -0.472 e. The second-order valence-corrected chi connectivity index (χ2v) is 7.40. The summed E-state index contributed by atoms with van der Waals surface area (Å²) in [7, 11) is 1.60. The number of carbonyl (C=O) groups excluding carboxylic acids is 1. The van der Waals surface area contributed by atoms with Gasteiger partial charge in [-0.1, -0.05) is 84.4 Å². The van der Waals surface area contributed by atoms with Gasteiger partial charge in [0.1, 0.15) is 12.2 Å². The molecule has 0 aliphatic carbocycles. The average molecular weight is 429 g/mol. The molecule has 0 radical (unpaired) electrons. The monoisotopic (exact) mass is 428 g/mol. The summed E-state index contributed by atoms with van der Waals surface area (Å²) in [4.78, 5) is 17.5. The van der Waals surface area contributed by atoms with E-state index in [2.05, 4.69) is 5.32 Å². The number of hydrogen-bond donors (Lipinski definition) is 1. The second-order valence-electron chi connectivity index (χ2n) is 6.96. The molecule has 0 bridgehead atoms. The molecular weight excluding hydrogens is 408 g/mol. The van der Waals surface area contributed by atoms with Crippen molar-refractivity contribution >= 4 is 17.5 Å². The molecule has 0 unspecified atom stereocenters. The number of rotatable bonds is 6. The Bertz CT molecular complexity index is 1180. The van der Waals surface area contributed by atoms with Crippen molar-refractivity contribution in [2.75, 3.05) is 7.05 Å². The molecule has 4 aromatic rings. The Morgan fingerprint density at radius 3 is 2.19 bits per heavy atom. The molecule has 0 saturated heterocycles. The molecule has 3 aromatic carbocycles. The molecule has 0 fully saturated rings. The molecule has 0 aliphatic rings. The molecule has 5 heteroatoms. The summed E-state index contributed by atoms with van der Waals surface area (Å²) in [5.74, 6) is 0.0308. The zero-order chi connectivity index (χ0) is 21.6. The van der Waals surface area contributed by atoms with Gasteiger partial charge in [0.15, 0.2) is 0 Å². The van der Waals surface area contributed by atoms with Gasteiger partial charge in [0, 0.05) is 23.2 Å². The molecule has 4 nitrogen and oxygen atoms in total. The quantitative estimate of drug-likeness (QED) is 0.409. The van der Waals surface area contributed by atoms with Gasteiger partial charge in [0.05, 0.1) is 5.69 Å². The van der Waals surface area contributed by atoms with Crippen molar-refractivity contribution in [3.8, 4) is 28.3 Å². The Hall–Kier alpha value is -3.63. The fourth-order valence-corrected chi connectivity index (χ4v) is 3.42. The summed E-state index contributed by atoms with van der Waals surface area (Å²) in [5, 5.41) is 3.33. The molecule has 4 rings (SSSR count). The number of aromatic nitrogens is 1. The zero-order valence-corrected chi connectivity index (χ0v) is 17.8. The first kappa shape index (κ1) is 20.6. The van der Waals surface area contributed by atoms with Crippen LogP contribution in [0.3, 0.4) is 0 Å². The van der Waals surface area contributed by atoms with Crippen molar-refractivity contribution in [1.29, 1.82) is 0 Å². The van der Waals surface area contributed by atoms with Crippen LogP contribution in [-0.4, -0.2) is 17.9 Å². The predicted molar refractivity (Wildman–Crippen MR) is 124 cm³/mol. The number of hydrogen-bond acceptors (Lipinski definition) is 3. The fourth-order valence-electron chi connectivity index (χ4n) is 3.30. The van der Waals surface area contributed by atoms with Crippen LogP contribution in [0.4, 0.5) is 0 Å². The minimum absolute atomic E-state index is 0.254. The van der Waals surface area contributed by atoms with E-state index in [0.29, 0.717) is 17.2 Å². The molecule has 1 amide bonds. The van der Waals surface area contributed by atoms with Gasteiger partial charge in [0.2, 0.25) is 5.88 Å². The van der Waals surface area contributed by atoms with Gasteiger partial charge in [-0.3, -0.25) is 4.79 Å². The maximum Gasteiger partial charge on any atom is 0.256 e. The Morgan fingerprint density at radius 1 is 0.903 bits per heavy atom. The Balaban J connectivity index is 1.86. The SMILES string of the molecule is CNC(=O)c1cc(-c2ccccc2)c(-c2ccc(Cl)cc2)nc1OCc1ccccc1. The summed E-state index contributed by atoms with van der Waals surface area (Å²) < 4.78 is 6.02. The van der Waals surface area contributed by atoms with Crippen molar-refractivity contribution in [3.63, 3.8) is 0 Å². The van der Waals surface area contributed by atoms with E-state index in [1.807, 2.05) is 91.0 Å². The van der Waals surface area contributed by atoms with Crippen molar-refractivity contribution in [3.05, 3.63) is 107 Å². The lowest BCUT2D eigenvalue weighted by molar-refractivity contribution is 0.0957. The van der Waals surface area contributed by atoms with Crippen LogP contribution in [0.15, 0.2) is 91.0 Å². The lowest BCUT2D eigenvalue weighted by Crippen LogP contribution is -2.20. The van der Waals surface area contributed by atoms with Crippen LogP contribution < -0.4 is 10.1 Å². The van der Waals surface area contributed by atoms with Gasteiger partial charge in [-0.2, -0.15) is 0 Å².